The number of fused-ring (bicyclic) bond motifs is 1. The molecular weight excluding hydrogens is 366 g/mol. The van der Waals surface area contributed by atoms with Crippen molar-refractivity contribution >= 4 is 34.2 Å². The van der Waals surface area contributed by atoms with E-state index in [4.69, 9.17) is 0 Å². The van der Waals surface area contributed by atoms with Crippen LogP contribution >= 0.6 is 22.7 Å². The van der Waals surface area contributed by atoms with Crippen LogP contribution in [-0.2, 0) is 0 Å². The van der Waals surface area contributed by atoms with Crippen molar-refractivity contribution in [3.05, 3.63) is 58.8 Å². The Morgan fingerprint density at radius 3 is 3.00 bits per heavy atom. The average Bonchev–Trinajstić information content (AvgIpc) is 3.47. The zero-order valence-corrected chi connectivity index (χ0v) is 15.4. The molecule has 8 heteroatoms. The maximum absolute atomic E-state index is 13.1. The van der Waals surface area contributed by atoms with Gasteiger partial charge in [-0.05, 0) is 36.4 Å². The third-order valence-corrected chi connectivity index (χ3v) is 6.49. The molecule has 1 aliphatic rings. The minimum absolute atomic E-state index is 0.0285. The van der Waals surface area contributed by atoms with Crippen LogP contribution in [0.1, 0.15) is 35.2 Å². The highest BCUT2D eigenvalue weighted by Crippen LogP contribution is 2.34. The van der Waals surface area contributed by atoms with Crippen molar-refractivity contribution in [2.24, 2.45) is 0 Å². The summed E-state index contributed by atoms with van der Waals surface area (Å²) >= 11 is 3.15. The molecule has 0 N–H and O–H groups in total. The van der Waals surface area contributed by atoms with E-state index >= 15 is 0 Å². The number of hydrogen-bond donors (Lipinski definition) is 0. The Labute approximate surface area is 157 Å². The summed E-state index contributed by atoms with van der Waals surface area (Å²) in [7, 11) is 0. The third kappa shape index (κ3) is 2.53. The molecule has 1 aliphatic heterocycles. The van der Waals surface area contributed by atoms with Crippen molar-refractivity contribution in [2.75, 3.05) is 6.54 Å². The lowest BCUT2D eigenvalue weighted by molar-refractivity contribution is 0.0724. The van der Waals surface area contributed by atoms with E-state index < -0.39 is 0 Å². The molecule has 1 unspecified atom stereocenters. The van der Waals surface area contributed by atoms with Gasteiger partial charge >= 0.3 is 0 Å². The smallest absolute Gasteiger partial charge is 0.273 e. The van der Waals surface area contributed by atoms with E-state index in [1.807, 2.05) is 56.6 Å². The Balaban J connectivity index is 1.46. The first-order chi connectivity index (χ1) is 12.8. The van der Waals surface area contributed by atoms with Crippen LogP contribution in [0.25, 0.3) is 15.5 Å². The molecule has 5 rings (SSSR count). The van der Waals surface area contributed by atoms with Gasteiger partial charge in [0.2, 0.25) is 0 Å². The first kappa shape index (κ1) is 15.7. The number of likely N-dealkylation sites (tertiary alicyclic amines) is 1. The molecule has 0 saturated carbocycles. The second kappa shape index (κ2) is 6.30. The van der Waals surface area contributed by atoms with Gasteiger partial charge in [-0.2, -0.15) is 0 Å². The highest BCUT2D eigenvalue weighted by atomic mass is 32.1. The molecule has 1 atom stereocenters. The molecule has 6 nitrogen and oxygen atoms in total. The fourth-order valence-corrected chi connectivity index (χ4v) is 5.01. The number of nitrogens with zero attached hydrogens (tertiary/aromatic N) is 5. The van der Waals surface area contributed by atoms with Crippen molar-refractivity contribution in [1.29, 1.82) is 0 Å². The van der Waals surface area contributed by atoms with Crippen molar-refractivity contribution < 1.29 is 4.79 Å². The van der Waals surface area contributed by atoms with Crippen LogP contribution in [0.4, 0.5) is 0 Å². The van der Waals surface area contributed by atoms with E-state index in [2.05, 4.69) is 15.2 Å². The van der Waals surface area contributed by atoms with Gasteiger partial charge in [-0.1, -0.05) is 12.1 Å². The summed E-state index contributed by atoms with van der Waals surface area (Å²) in [5, 5.41) is 13.4. The van der Waals surface area contributed by atoms with Crippen LogP contribution in [0.15, 0.2) is 47.3 Å². The SMILES string of the molecule is O=C(c1csc(-c2cccs2)n1)N1CCCC1c1nnc2ccccn12. The molecular formula is C18H15N5OS2. The first-order valence-electron chi connectivity index (χ1n) is 8.41. The lowest BCUT2D eigenvalue weighted by Crippen LogP contribution is -2.31. The van der Waals surface area contributed by atoms with Gasteiger partial charge in [0.1, 0.15) is 10.7 Å². The monoisotopic (exact) mass is 381 g/mol. The van der Waals surface area contributed by atoms with Gasteiger partial charge in [-0.3, -0.25) is 9.20 Å². The van der Waals surface area contributed by atoms with Gasteiger partial charge in [0.25, 0.3) is 5.91 Å². The summed E-state index contributed by atoms with van der Waals surface area (Å²) in [4.78, 5) is 20.6. The molecule has 4 aromatic heterocycles. The third-order valence-electron chi connectivity index (χ3n) is 4.61. The molecule has 0 spiro atoms. The summed E-state index contributed by atoms with van der Waals surface area (Å²) in [5.41, 5.74) is 1.31. The summed E-state index contributed by atoms with van der Waals surface area (Å²) in [5.74, 6) is 0.791. The van der Waals surface area contributed by atoms with Crippen LogP contribution in [0.2, 0.25) is 0 Å². The number of aromatic nitrogens is 4. The van der Waals surface area contributed by atoms with Crippen LogP contribution < -0.4 is 0 Å². The molecule has 0 aromatic carbocycles. The lowest BCUT2D eigenvalue weighted by Gasteiger charge is -2.22. The molecule has 130 valence electrons. The molecule has 0 aliphatic carbocycles. The zero-order chi connectivity index (χ0) is 17.5. The predicted octanol–water partition coefficient (Wildman–Crippen LogP) is 3.89. The Morgan fingerprint density at radius 2 is 2.12 bits per heavy atom. The van der Waals surface area contributed by atoms with Crippen LogP contribution in [0, 0.1) is 0 Å². The quantitative estimate of drug-likeness (QED) is 0.540. The largest absolute Gasteiger partial charge is 0.327 e. The molecule has 4 aromatic rings. The number of pyridine rings is 1. The van der Waals surface area contributed by atoms with Crippen LogP contribution in [-0.4, -0.2) is 36.9 Å². The predicted molar refractivity (Wildman–Crippen MR) is 101 cm³/mol. The number of thiophene rings is 1. The molecule has 1 fully saturated rings. The van der Waals surface area contributed by atoms with Gasteiger partial charge in [-0.15, -0.1) is 32.9 Å². The van der Waals surface area contributed by atoms with Crippen molar-refractivity contribution in [2.45, 2.75) is 18.9 Å². The van der Waals surface area contributed by atoms with E-state index in [1.54, 1.807) is 11.3 Å². The number of rotatable bonds is 3. The van der Waals surface area contributed by atoms with E-state index in [9.17, 15) is 4.79 Å². The summed E-state index contributed by atoms with van der Waals surface area (Å²) < 4.78 is 1.97. The summed E-state index contributed by atoms with van der Waals surface area (Å²) in [6.45, 7) is 0.719. The van der Waals surface area contributed by atoms with E-state index in [1.165, 1.54) is 11.3 Å². The maximum atomic E-state index is 13.1. The summed E-state index contributed by atoms with van der Waals surface area (Å²) in [6, 6.07) is 9.77. The zero-order valence-electron chi connectivity index (χ0n) is 13.8. The molecule has 1 saturated heterocycles. The highest BCUT2D eigenvalue weighted by molar-refractivity contribution is 7.20. The van der Waals surface area contributed by atoms with E-state index in [-0.39, 0.29) is 11.9 Å². The number of carbonyl (C=O) groups is 1. The minimum atomic E-state index is -0.0632. The number of amides is 1. The maximum Gasteiger partial charge on any atom is 0.273 e. The van der Waals surface area contributed by atoms with Gasteiger partial charge < -0.3 is 4.90 Å². The normalized spacial score (nSPS) is 17.2. The Hall–Kier alpha value is -2.58. The average molecular weight is 381 g/mol. The van der Waals surface area contributed by atoms with Gasteiger partial charge in [0, 0.05) is 18.1 Å². The van der Waals surface area contributed by atoms with E-state index in [0.29, 0.717) is 5.69 Å². The van der Waals surface area contributed by atoms with E-state index in [0.717, 1.165) is 40.7 Å². The van der Waals surface area contributed by atoms with Crippen molar-refractivity contribution in [3.63, 3.8) is 0 Å². The fourth-order valence-electron chi connectivity index (χ4n) is 3.40. The highest BCUT2D eigenvalue weighted by Gasteiger charge is 2.34. The number of thiazole rings is 1. The van der Waals surface area contributed by atoms with Gasteiger partial charge in [0.05, 0.1) is 10.9 Å². The topological polar surface area (TPSA) is 63.4 Å². The fraction of sp³-hybridized carbons (Fsp3) is 0.222. The Bertz CT molecular complexity index is 1070. The minimum Gasteiger partial charge on any atom is -0.327 e. The van der Waals surface area contributed by atoms with Gasteiger partial charge in [-0.25, -0.2) is 4.98 Å². The lowest BCUT2D eigenvalue weighted by atomic mass is 10.2. The standard InChI is InChI=1S/C18H15N5OS2/c24-18(12-11-26-17(19-12)14-6-4-10-25-14)22-9-3-5-13(22)16-21-20-15-7-1-2-8-23(15)16/h1-2,4,6-8,10-11,13H,3,5,9H2. The second-order valence-corrected chi connectivity index (χ2v) is 7.96. The number of hydrogen-bond acceptors (Lipinski definition) is 6. The van der Waals surface area contributed by atoms with Crippen molar-refractivity contribution in [3.8, 4) is 9.88 Å². The molecule has 0 radical (unpaired) electrons. The van der Waals surface area contributed by atoms with Crippen molar-refractivity contribution in [1.82, 2.24) is 24.5 Å². The van der Waals surface area contributed by atoms with Crippen LogP contribution in [0.3, 0.4) is 0 Å². The second-order valence-electron chi connectivity index (χ2n) is 6.16. The molecule has 0 bridgehead atoms. The molecule has 1 amide bonds. The Kier molecular flexibility index (Phi) is 3.79. The van der Waals surface area contributed by atoms with Gasteiger partial charge in [0.15, 0.2) is 11.5 Å². The van der Waals surface area contributed by atoms with Crippen LogP contribution in [0.5, 0.6) is 0 Å². The number of carbonyl (C=O) groups excluding carboxylic acids is 1. The molecule has 5 heterocycles. The summed E-state index contributed by atoms with van der Waals surface area (Å²) in [6.07, 6.45) is 3.80. The molecule has 26 heavy (non-hydrogen) atoms. The Morgan fingerprint density at radius 1 is 1.15 bits per heavy atom. The first-order valence-corrected chi connectivity index (χ1v) is 10.2.